The van der Waals surface area contributed by atoms with Crippen molar-refractivity contribution in [3.05, 3.63) is 72.4 Å². The molecule has 0 unspecified atom stereocenters. The van der Waals surface area contributed by atoms with Gasteiger partial charge in [0.15, 0.2) is 0 Å². The predicted molar refractivity (Wildman–Crippen MR) is 235 cm³/mol. The molecular formula is C45H58N8O6Si. The highest BCUT2D eigenvalue weighted by molar-refractivity contribution is 6.78. The number of methoxy groups -OCH3 is 2. The predicted octanol–water partition coefficient (Wildman–Crippen LogP) is 7.96. The van der Waals surface area contributed by atoms with E-state index in [-0.39, 0.29) is 41.1 Å². The third-order valence-electron chi connectivity index (χ3n) is 12.0. The molecule has 0 spiro atoms. The van der Waals surface area contributed by atoms with E-state index >= 15 is 0 Å². The molecule has 2 aliphatic heterocycles. The summed E-state index contributed by atoms with van der Waals surface area (Å²) in [6.07, 6.45) is 1.98. The molecule has 0 radical (unpaired) electrons. The molecule has 4 amide bonds. The minimum absolute atomic E-state index is 0.116. The Morgan fingerprint density at radius 1 is 0.783 bits per heavy atom. The van der Waals surface area contributed by atoms with Gasteiger partial charge in [-0.15, -0.1) is 0 Å². The van der Waals surface area contributed by atoms with Gasteiger partial charge in [-0.25, -0.2) is 19.6 Å². The van der Waals surface area contributed by atoms with Gasteiger partial charge in [0, 0.05) is 18.1 Å². The first-order valence-corrected chi connectivity index (χ1v) is 24.2. The van der Waals surface area contributed by atoms with Crippen LogP contribution in [0.1, 0.15) is 71.7 Å². The van der Waals surface area contributed by atoms with E-state index in [4.69, 9.17) is 19.4 Å². The number of hydrogen-bond acceptors (Lipinski definition) is 8. The number of amides is 4. The Labute approximate surface area is 352 Å². The maximum Gasteiger partial charge on any atom is 0.407 e. The van der Waals surface area contributed by atoms with Crippen LogP contribution in [-0.2, 0) is 19.1 Å². The van der Waals surface area contributed by atoms with E-state index in [1.54, 1.807) is 0 Å². The normalized spacial score (nSPS) is 19.5. The summed E-state index contributed by atoms with van der Waals surface area (Å²) in [6, 6.07) is 17.8. The van der Waals surface area contributed by atoms with Gasteiger partial charge in [-0.3, -0.25) is 9.59 Å². The number of imidazole rings is 2. The molecule has 318 valence electrons. The summed E-state index contributed by atoms with van der Waals surface area (Å²) in [5, 5.41) is 7.55. The minimum Gasteiger partial charge on any atom is -0.453 e. The zero-order valence-corrected chi connectivity index (χ0v) is 37.3. The number of nitrogens with one attached hydrogen (secondary N) is 4. The monoisotopic (exact) mass is 834 g/mol. The average Bonchev–Trinajstić information content (AvgIpc) is 4.01. The third-order valence-corrected chi connectivity index (χ3v) is 14.7. The van der Waals surface area contributed by atoms with Gasteiger partial charge in [-0.2, -0.15) is 0 Å². The van der Waals surface area contributed by atoms with Crippen molar-refractivity contribution in [2.45, 2.75) is 91.3 Å². The summed E-state index contributed by atoms with van der Waals surface area (Å²) in [6.45, 7) is 17.1. The second kappa shape index (κ2) is 16.4. The first kappa shape index (κ1) is 42.4. The number of benzene rings is 3. The van der Waals surface area contributed by atoms with Gasteiger partial charge in [-0.1, -0.05) is 97.1 Å². The second-order valence-corrected chi connectivity index (χ2v) is 23.7. The van der Waals surface area contributed by atoms with E-state index in [9.17, 15) is 19.2 Å². The van der Waals surface area contributed by atoms with Gasteiger partial charge < -0.3 is 39.9 Å². The number of alkyl carbamates (subject to hydrolysis) is 2. The van der Waals surface area contributed by atoms with Crippen LogP contribution in [0.4, 0.5) is 9.59 Å². The first-order valence-electron chi connectivity index (χ1n) is 20.8. The molecule has 2 saturated heterocycles. The van der Waals surface area contributed by atoms with Crippen molar-refractivity contribution in [1.29, 1.82) is 0 Å². The number of aromatic nitrogens is 4. The van der Waals surface area contributed by atoms with E-state index in [2.05, 4.69) is 102 Å². The number of carbonyl (C=O) groups excluding carboxylic acids is 4. The van der Waals surface area contributed by atoms with Crippen LogP contribution in [0.2, 0.25) is 19.1 Å². The molecule has 4 N–H and O–H groups in total. The minimum atomic E-state index is -1.78. The highest BCUT2D eigenvalue weighted by atomic mass is 28.3. The average molecular weight is 835 g/mol. The molecule has 4 atom stereocenters. The molecule has 2 fully saturated rings. The molecule has 0 saturated carbocycles. The number of likely N-dealkylation sites (tertiary alicyclic amines) is 1. The first-order chi connectivity index (χ1) is 28.4. The molecule has 2 aliphatic rings. The van der Waals surface area contributed by atoms with Gasteiger partial charge in [0.05, 0.1) is 57.3 Å². The maximum absolute atomic E-state index is 14.0. The highest BCUT2D eigenvalue weighted by Crippen LogP contribution is 2.43. The lowest BCUT2D eigenvalue weighted by Gasteiger charge is -2.30. The maximum atomic E-state index is 14.0. The lowest BCUT2D eigenvalue weighted by Crippen LogP contribution is -2.52. The zero-order valence-electron chi connectivity index (χ0n) is 36.3. The molecule has 5 aromatic rings. The lowest BCUT2D eigenvalue weighted by molar-refractivity contribution is -0.136. The number of rotatable bonds is 10. The van der Waals surface area contributed by atoms with Crippen LogP contribution in [0, 0.1) is 17.3 Å². The largest absolute Gasteiger partial charge is 0.453 e. The molecule has 7 rings (SSSR count). The van der Waals surface area contributed by atoms with Crippen molar-refractivity contribution in [2.24, 2.45) is 17.3 Å². The van der Waals surface area contributed by atoms with Crippen molar-refractivity contribution in [3.8, 4) is 22.4 Å². The number of hydrogen-bond donors (Lipinski definition) is 4. The Morgan fingerprint density at radius 2 is 1.38 bits per heavy atom. The van der Waals surface area contributed by atoms with Crippen molar-refractivity contribution in [2.75, 3.05) is 26.9 Å². The van der Waals surface area contributed by atoms with Crippen LogP contribution in [0.3, 0.4) is 0 Å². The van der Waals surface area contributed by atoms with Crippen LogP contribution in [-0.4, -0.2) is 101 Å². The summed E-state index contributed by atoms with van der Waals surface area (Å²) in [4.78, 5) is 72.8. The van der Waals surface area contributed by atoms with Gasteiger partial charge in [0.1, 0.15) is 23.7 Å². The van der Waals surface area contributed by atoms with E-state index in [1.807, 2.05) is 43.7 Å². The van der Waals surface area contributed by atoms with E-state index in [0.29, 0.717) is 18.5 Å². The van der Waals surface area contributed by atoms with E-state index < -0.39 is 32.3 Å². The quantitative estimate of drug-likeness (QED) is 0.103. The fraction of sp³-hybridized carbons (Fsp3) is 0.467. The summed E-state index contributed by atoms with van der Waals surface area (Å²) in [5.41, 5.74) is 5.58. The Hall–Kier alpha value is -5.70. The number of carbonyl (C=O) groups is 4. The van der Waals surface area contributed by atoms with Gasteiger partial charge in [0.2, 0.25) is 11.8 Å². The SMILES string of the molecule is COC(=O)N[C@H](C(=O)N1CC(C)(C)C[C@H]1c1ncc(-c2ccc(-c3ccc4c(ccc5[nH]c([C@@H]6C[Si](C)(C)CN6C(=O)[C@@H](NC(=O)OC)C(C)C)nc54)c3)cc2)[nH]1)C(C)C. The standard InChI is InChI=1S/C45H58N8O6Si/c1-25(2)36(50-43(56)58-7)41(54)52-23-45(5,6)20-34(52)39-46-21-33(48-39)28-13-11-27(12-14-28)29-15-17-31-30(19-29)16-18-32-38(31)49-40(47-32)35-22-60(9,10)24-53(35)42(55)37(26(3)4)51-44(57)59-8/h11-19,21,25-26,34-37H,20,22-24H2,1-10H3,(H,46,48)(H,47,49)(H,50,56)(H,51,57)/t34-,35-,36-,37-/m0/s1. The topological polar surface area (TPSA) is 175 Å². The third kappa shape index (κ3) is 8.49. The van der Waals surface area contributed by atoms with Crippen LogP contribution < -0.4 is 10.6 Å². The van der Waals surface area contributed by atoms with Crippen LogP contribution in [0.15, 0.2) is 60.8 Å². The van der Waals surface area contributed by atoms with E-state index in [1.165, 1.54) is 14.2 Å². The number of aromatic amines is 2. The van der Waals surface area contributed by atoms with Gasteiger partial charge in [-0.05, 0) is 63.9 Å². The number of fused-ring (bicyclic) bond motifs is 3. The molecule has 60 heavy (non-hydrogen) atoms. The molecule has 15 heteroatoms. The van der Waals surface area contributed by atoms with Crippen LogP contribution in [0.25, 0.3) is 44.2 Å². The number of nitrogens with zero attached hydrogens (tertiary/aromatic N) is 4. The van der Waals surface area contributed by atoms with Crippen LogP contribution >= 0.6 is 0 Å². The molecule has 3 aromatic carbocycles. The summed E-state index contributed by atoms with van der Waals surface area (Å²) >= 11 is 0. The van der Waals surface area contributed by atoms with Crippen molar-refractivity contribution >= 4 is 53.9 Å². The molecule has 4 heterocycles. The summed E-state index contributed by atoms with van der Waals surface area (Å²) < 4.78 is 9.64. The molecule has 0 aliphatic carbocycles. The fourth-order valence-corrected chi connectivity index (χ4v) is 11.8. The fourth-order valence-electron chi connectivity index (χ4n) is 8.90. The molecule has 0 bridgehead atoms. The smallest absolute Gasteiger partial charge is 0.407 e. The number of H-pyrrole nitrogens is 2. The zero-order chi connectivity index (χ0) is 43.3. The Kier molecular flexibility index (Phi) is 11.6. The molecular weight excluding hydrogens is 777 g/mol. The van der Waals surface area contributed by atoms with Gasteiger partial charge >= 0.3 is 12.2 Å². The van der Waals surface area contributed by atoms with E-state index in [0.717, 1.165) is 62.5 Å². The van der Waals surface area contributed by atoms with Crippen LogP contribution in [0.5, 0.6) is 0 Å². The summed E-state index contributed by atoms with van der Waals surface area (Å²) in [5.74, 6) is 0.961. The van der Waals surface area contributed by atoms with Crippen molar-refractivity contribution < 1.29 is 28.7 Å². The number of ether oxygens (including phenoxy) is 2. The Balaban J connectivity index is 1.11. The highest BCUT2D eigenvalue weighted by Gasteiger charge is 2.47. The lowest BCUT2D eigenvalue weighted by atomic mass is 9.90. The second-order valence-electron chi connectivity index (χ2n) is 18.7. The summed E-state index contributed by atoms with van der Waals surface area (Å²) in [7, 11) is 0.819. The Morgan fingerprint density at radius 3 is 2.00 bits per heavy atom. The molecule has 2 aromatic heterocycles. The van der Waals surface area contributed by atoms with Gasteiger partial charge in [0.25, 0.3) is 0 Å². The Bertz CT molecular complexity index is 2420. The molecule has 14 nitrogen and oxygen atoms in total. The van der Waals surface area contributed by atoms with Crippen molar-refractivity contribution in [3.63, 3.8) is 0 Å². The van der Waals surface area contributed by atoms with Crippen molar-refractivity contribution in [1.82, 2.24) is 40.4 Å².